The number of benzene rings is 2. The molecule has 1 saturated heterocycles. The first-order chi connectivity index (χ1) is 14.6. The molecule has 0 atom stereocenters. The molecule has 0 saturated carbocycles. The summed E-state index contributed by atoms with van der Waals surface area (Å²) in [5.74, 6) is -0.866. The summed E-state index contributed by atoms with van der Waals surface area (Å²) in [4.78, 5) is 13.2. The number of rotatable bonds is 8. The molecular formula is C25H26ClNO3. The van der Waals surface area contributed by atoms with Gasteiger partial charge < -0.3 is 9.84 Å². The van der Waals surface area contributed by atoms with E-state index in [1.807, 2.05) is 36.4 Å². The summed E-state index contributed by atoms with van der Waals surface area (Å²) in [6.07, 6.45) is 8.39. The number of carboxylic acids is 1. The van der Waals surface area contributed by atoms with E-state index in [9.17, 15) is 4.79 Å². The van der Waals surface area contributed by atoms with Crippen molar-refractivity contribution in [3.63, 3.8) is 0 Å². The Balaban J connectivity index is 1.25. The van der Waals surface area contributed by atoms with Crippen LogP contribution in [-0.4, -0.2) is 42.2 Å². The first-order valence-electron chi connectivity index (χ1n) is 10.3. The van der Waals surface area contributed by atoms with Crippen molar-refractivity contribution in [1.82, 2.24) is 4.90 Å². The number of nitrogens with zero attached hydrogens (tertiary/aromatic N) is 1. The molecule has 0 bridgehead atoms. The first-order valence-corrected chi connectivity index (χ1v) is 10.7. The van der Waals surface area contributed by atoms with Crippen molar-refractivity contribution in [3.8, 4) is 0 Å². The average Bonchev–Trinajstić information content (AvgIpc) is 2.71. The molecule has 5 heteroatoms. The second kappa shape index (κ2) is 9.61. The summed E-state index contributed by atoms with van der Waals surface area (Å²) in [5.41, 5.74) is 6.33. The van der Waals surface area contributed by atoms with Gasteiger partial charge in [-0.25, -0.2) is 0 Å². The molecule has 2 aromatic carbocycles. The quantitative estimate of drug-likeness (QED) is 0.612. The van der Waals surface area contributed by atoms with Crippen LogP contribution >= 0.6 is 11.6 Å². The van der Waals surface area contributed by atoms with Gasteiger partial charge >= 0.3 is 5.97 Å². The highest BCUT2D eigenvalue weighted by Crippen LogP contribution is 2.27. The number of aliphatic carboxylic acids is 1. The van der Waals surface area contributed by atoms with Crippen LogP contribution in [-0.2, 0) is 22.6 Å². The fourth-order valence-electron chi connectivity index (χ4n) is 3.96. The van der Waals surface area contributed by atoms with Gasteiger partial charge in [0.2, 0.25) is 0 Å². The Labute approximate surface area is 182 Å². The van der Waals surface area contributed by atoms with Crippen LogP contribution in [0.4, 0.5) is 0 Å². The summed E-state index contributed by atoms with van der Waals surface area (Å²) in [6.45, 7) is 3.38. The van der Waals surface area contributed by atoms with E-state index in [0.29, 0.717) is 26.3 Å². The number of hydrogen-bond donors (Lipinski definition) is 1. The van der Waals surface area contributed by atoms with Crippen molar-refractivity contribution in [2.45, 2.75) is 19.4 Å². The van der Waals surface area contributed by atoms with Gasteiger partial charge in [0.05, 0.1) is 19.1 Å². The molecule has 1 heterocycles. The van der Waals surface area contributed by atoms with Crippen molar-refractivity contribution >= 4 is 29.7 Å². The minimum absolute atomic E-state index is 0.190. The molecule has 1 aliphatic heterocycles. The molecule has 0 spiro atoms. The van der Waals surface area contributed by atoms with E-state index < -0.39 is 5.97 Å². The lowest BCUT2D eigenvalue weighted by molar-refractivity contribution is -0.147. The highest BCUT2D eigenvalue weighted by molar-refractivity contribution is 6.30. The summed E-state index contributed by atoms with van der Waals surface area (Å²) in [7, 11) is 0. The highest BCUT2D eigenvalue weighted by atomic mass is 35.5. The lowest BCUT2D eigenvalue weighted by Crippen LogP contribution is -2.50. The van der Waals surface area contributed by atoms with Gasteiger partial charge in [-0.15, -0.1) is 0 Å². The maximum absolute atomic E-state index is 10.9. The van der Waals surface area contributed by atoms with Crippen molar-refractivity contribution in [2.75, 3.05) is 26.2 Å². The molecule has 1 N–H and O–H groups in total. The number of carboxylic acid groups (broad SMARTS) is 1. The predicted octanol–water partition coefficient (Wildman–Crippen LogP) is 4.92. The molecule has 1 aliphatic carbocycles. The van der Waals surface area contributed by atoms with Crippen LogP contribution in [0.25, 0.3) is 12.2 Å². The van der Waals surface area contributed by atoms with Gasteiger partial charge in [0.15, 0.2) is 0 Å². The summed E-state index contributed by atoms with van der Waals surface area (Å²) in [5, 5.41) is 9.75. The number of ether oxygens (including phenoxy) is 1. The first kappa shape index (κ1) is 20.9. The summed E-state index contributed by atoms with van der Waals surface area (Å²) >= 11 is 5.89. The summed E-state index contributed by atoms with van der Waals surface area (Å²) in [6, 6.07) is 14.3. The number of carbonyl (C=O) groups is 1. The zero-order chi connectivity index (χ0) is 20.9. The van der Waals surface area contributed by atoms with Gasteiger partial charge in [-0.3, -0.25) is 9.69 Å². The van der Waals surface area contributed by atoms with Gasteiger partial charge in [0, 0.05) is 24.7 Å². The molecule has 2 aliphatic rings. The van der Waals surface area contributed by atoms with Crippen LogP contribution in [0, 0.1) is 5.92 Å². The van der Waals surface area contributed by atoms with Crippen molar-refractivity contribution < 1.29 is 14.6 Å². The molecule has 4 rings (SSSR count). The van der Waals surface area contributed by atoms with Gasteiger partial charge in [0.25, 0.3) is 0 Å². The maximum atomic E-state index is 10.9. The van der Waals surface area contributed by atoms with Gasteiger partial charge in [-0.2, -0.15) is 0 Å². The fraction of sp³-hybridized carbons (Fsp3) is 0.320. The number of halogens is 1. The van der Waals surface area contributed by atoms with Crippen molar-refractivity contribution in [3.05, 3.63) is 81.4 Å². The third kappa shape index (κ3) is 5.39. The Hall–Kier alpha value is -2.40. The Kier molecular flexibility index (Phi) is 6.68. The molecule has 0 amide bonds. The standard InChI is InChI=1S/C25H26ClNO3/c26-24-9-5-18(6-10-24)2-1-11-30-17-20-4-8-21-12-19(3-7-22(21)13-20)14-27-15-23(16-27)25(28)29/h1-2,4-6,8-10,12-13,23H,3,7,11,14-17H2,(H,28,29)/b2-1+. The smallest absolute Gasteiger partial charge is 0.309 e. The van der Waals surface area contributed by atoms with E-state index >= 15 is 0 Å². The molecule has 4 nitrogen and oxygen atoms in total. The number of likely N-dealkylation sites (tertiary alicyclic amines) is 1. The SMILES string of the molecule is O=C(O)C1CN(CC2=Cc3ccc(COC/C=C/c4ccc(Cl)cc4)cc3CC2)C1. The second-order valence-corrected chi connectivity index (χ2v) is 8.47. The molecule has 0 radical (unpaired) electrons. The van der Waals surface area contributed by atoms with Crippen LogP contribution in [0.1, 0.15) is 28.7 Å². The van der Waals surface area contributed by atoms with Crippen LogP contribution in [0.3, 0.4) is 0 Å². The normalized spacial score (nSPS) is 16.9. The lowest BCUT2D eigenvalue weighted by Gasteiger charge is -2.37. The van der Waals surface area contributed by atoms with Crippen LogP contribution in [0.5, 0.6) is 0 Å². The highest BCUT2D eigenvalue weighted by Gasteiger charge is 2.32. The van der Waals surface area contributed by atoms with E-state index in [2.05, 4.69) is 29.2 Å². The Morgan fingerprint density at radius 2 is 1.97 bits per heavy atom. The molecule has 2 aromatic rings. The monoisotopic (exact) mass is 423 g/mol. The van der Waals surface area contributed by atoms with E-state index in [4.69, 9.17) is 21.4 Å². The van der Waals surface area contributed by atoms with Crippen LogP contribution < -0.4 is 0 Å². The van der Waals surface area contributed by atoms with E-state index in [1.54, 1.807) is 0 Å². The second-order valence-electron chi connectivity index (χ2n) is 8.03. The molecule has 156 valence electrons. The van der Waals surface area contributed by atoms with Crippen molar-refractivity contribution in [1.29, 1.82) is 0 Å². The zero-order valence-electron chi connectivity index (χ0n) is 16.9. The molecule has 30 heavy (non-hydrogen) atoms. The topological polar surface area (TPSA) is 49.8 Å². The van der Waals surface area contributed by atoms with Gasteiger partial charge in [-0.1, -0.05) is 65.7 Å². The lowest BCUT2D eigenvalue weighted by atomic mass is 9.89. The van der Waals surface area contributed by atoms with Crippen molar-refractivity contribution in [2.24, 2.45) is 5.92 Å². The maximum Gasteiger partial charge on any atom is 0.309 e. The Morgan fingerprint density at radius 3 is 2.73 bits per heavy atom. The van der Waals surface area contributed by atoms with E-state index in [1.165, 1.54) is 22.3 Å². The van der Waals surface area contributed by atoms with E-state index in [0.717, 1.165) is 30.0 Å². The molecule has 0 aromatic heterocycles. The largest absolute Gasteiger partial charge is 0.481 e. The molecule has 1 fully saturated rings. The summed E-state index contributed by atoms with van der Waals surface area (Å²) < 4.78 is 5.80. The van der Waals surface area contributed by atoms with Gasteiger partial charge in [0.1, 0.15) is 0 Å². The zero-order valence-corrected chi connectivity index (χ0v) is 17.6. The Bertz CT molecular complexity index is 959. The molecular weight excluding hydrogens is 398 g/mol. The van der Waals surface area contributed by atoms with Crippen LogP contribution in [0.2, 0.25) is 5.02 Å². The Morgan fingerprint density at radius 1 is 1.17 bits per heavy atom. The number of hydrogen-bond acceptors (Lipinski definition) is 3. The minimum atomic E-state index is -0.676. The third-order valence-corrected chi connectivity index (χ3v) is 5.93. The average molecular weight is 424 g/mol. The third-order valence-electron chi connectivity index (χ3n) is 5.68. The van der Waals surface area contributed by atoms with Crippen LogP contribution in [0.15, 0.2) is 54.1 Å². The molecule has 0 unspecified atom stereocenters. The minimum Gasteiger partial charge on any atom is -0.481 e. The van der Waals surface area contributed by atoms with Gasteiger partial charge in [-0.05, 0) is 47.2 Å². The number of fused-ring (bicyclic) bond motifs is 1. The predicted molar refractivity (Wildman–Crippen MR) is 120 cm³/mol. The van der Waals surface area contributed by atoms with E-state index in [-0.39, 0.29) is 5.92 Å². The fourth-order valence-corrected chi connectivity index (χ4v) is 4.09. The number of aryl methyl sites for hydroxylation is 1.